The lowest BCUT2D eigenvalue weighted by atomic mass is 10.0. The number of benzene rings is 2. The number of para-hydroxylation sites is 1. The zero-order valence-electron chi connectivity index (χ0n) is 12.1. The van der Waals surface area contributed by atoms with Crippen molar-refractivity contribution in [3.05, 3.63) is 58.6 Å². The highest BCUT2D eigenvalue weighted by atomic mass is 79.9. The van der Waals surface area contributed by atoms with Gasteiger partial charge >= 0.3 is 0 Å². The molecule has 0 spiro atoms. The van der Waals surface area contributed by atoms with Crippen LogP contribution in [0.25, 0.3) is 0 Å². The van der Waals surface area contributed by atoms with Crippen molar-refractivity contribution < 1.29 is 9.53 Å². The summed E-state index contributed by atoms with van der Waals surface area (Å²) in [6, 6.07) is 15.2. The second-order valence-electron chi connectivity index (χ2n) is 5.04. The van der Waals surface area contributed by atoms with E-state index in [-0.39, 0.29) is 12.5 Å². The van der Waals surface area contributed by atoms with Crippen LogP contribution in [-0.2, 0) is 4.79 Å². The summed E-state index contributed by atoms with van der Waals surface area (Å²) in [6.07, 6.45) is 0. The van der Waals surface area contributed by atoms with Crippen LogP contribution in [-0.4, -0.2) is 12.5 Å². The number of hydrogen-bond acceptors (Lipinski definition) is 2. The minimum Gasteiger partial charge on any atom is -0.483 e. The van der Waals surface area contributed by atoms with Crippen LogP contribution in [0.1, 0.15) is 25.3 Å². The van der Waals surface area contributed by atoms with Crippen molar-refractivity contribution in [2.45, 2.75) is 19.8 Å². The minimum atomic E-state index is -0.168. The van der Waals surface area contributed by atoms with E-state index >= 15 is 0 Å². The minimum absolute atomic E-state index is 0.00372. The van der Waals surface area contributed by atoms with Gasteiger partial charge in [0.15, 0.2) is 6.61 Å². The van der Waals surface area contributed by atoms with Crippen molar-refractivity contribution >= 4 is 27.5 Å². The maximum absolute atomic E-state index is 11.9. The number of halogens is 1. The molecule has 0 aliphatic carbocycles. The van der Waals surface area contributed by atoms with E-state index in [2.05, 4.69) is 35.1 Å². The third kappa shape index (κ3) is 4.60. The van der Waals surface area contributed by atoms with Crippen molar-refractivity contribution in [1.82, 2.24) is 0 Å². The molecule has 0 unspecified atom stereocenters. The topological polar surface area (TPSA) is 38.3 Å². The molecule has 4 heteroatoms. The van der Waals surface area contributed by atoms with E-state index in [4.69, 9.17) is 4.74 Å². The summed E-state index contributed by atoms with van der Waals surface area (Å²) in [5, 5.41) is 2.80. The number of hydrogen-bond donors (Lipinski definition) is 1. The molecule has 0 aliphatic heterocycles. The van der Waals surface area contributed by atoms with E-state index in [9.17, 15) is 4.79 Å². The van der Waals surface area contributed by atoms with Crippen molar-refractivity contribution in [2.75, 3.05) is 11.9 Å². The number of ether oxygens (including phenoxy) is 1. The number of amides is 1. The molecule has 0 aliphatic rings. The lowest BCUT2D eigenvalue weighted by Gasteiger charge is -2.14. The Morgan fingerprint density at radius 3 is 2.57 bits per heavy atom. The van der Waals surface area contributed by atoms with Crippen LogP contribution in [0.4, 0.5) is 5.69 Å². The Hall–Kier alpha value is -1.81. The first-order valence-electron chi connectivity index (χ1n) is 6.83. The Balaban J connectivity index is 1.98. The Labute approximate surface area is 133 Å². The molecule has 0 saturated carbocycles. The quantitative estimate of drug-likeness (QED) is 0.858. The molecule has 0 radical (unpaired) electrons. The van der Waals surface area contributed by atoms with Gasteiger partial charge in [0, 0.05) is 10.2 Å². The molecular weight excluding hydrogens is 330 g/mol. The van der Waals surface area contributed by atoms with Gasteiger partial charge in [-0.25, -0.2) is 0 Å². The average molecular weight is 348 g/mol. The maximum Gasteiger partial charge on any atom is 0.262 e. The lowest BCUT2D eigenvalue weighted by Crippen LogP contribution is -2.20. The smallest absolute Gasteiger partial charge is 0.262 e. The van der Waals surface area contributed by atoms with Crippen LogP contribution in [0.5, 0.6) is 5.75 Å². The first-order valence-corrected chi connectivity index (χ1v) is 7.62. The second kappa shape index (κ2) is 7.27. The first-order chi connectivity index (χ1) is 10.1. The summed E-state index contributed by atoms with van der Waals surface area (Å²) in [4.78, 5) is 11.9. The zero-order chi connectivity index (χ0) is 15.2. The molecule has 21 heavy (non-hydrogen) atoms. The van der Waals surface area contributed by atoms with Gasteiger partial charge in [0.05, 0.1) is 0 Å². The summed E-state index contributed by atoms with van der Waals surface area (Å²) in [5.74, 6) is 0.907. The Morgan fingerprint density at radius 1 is 1.19 bits per heavy atom. The van der Waals surface area contributed by atoms with Crippen LogP contribution in [0.3, 0.4) is 0 Å². The van der Waals surface area contributed by atoms with E-state index < -0.39 is 0 Å². The summed E-state index contributed by atoms with van der Waals surface area (Å²) in [7, 11) is 0. The number of anilines is 1. The van der Waals surface area contributed by atoms with Crippen LogP contribution in [0.2, 0.25) is 0 Å². The van der Waals surface area contributed by atoms with Crippen molar-refractivity contribution in [3.63, 3.8) is 0 Å². The van der Waals surface area contributed by atoms with Gasteiger partial charge in [-0.1, -0.05) is 48.0 Å². The normalized spacial score (nSPS) is 10.5. The van der Waals surface area contributed by atoms with E-state index in [1.807, 2.05) is 48.5 Å². The van der Waals surface area contributed by atoms with Gasteiger partial charge < -0.3 is 10.1 Å². The fraction of sp³-hybridized carbons (Fsp3) is 0.235. The van der Waals surface area contributed by atoms with Gasteiger partial charge in [-0.05, 0) is 41.8 Å². The van der Waals surface area contributed by atoms with E-state index in [0.717, 1.165) is 21.5 Å². The highest BCUT2D eigenvalue weighted by Crippen LogP contribution is 2.29. The Morgan fingerprint density at radius 2 is 1.90 bits per heavy atom. The van der Waals surface area contributed by atoms with Gasteiger partial charge in [0.1, 0.15) is 5.75 Å². The Bertz CT molecular complexity index is 611. The van der Waals surface area contributed by atoms with Gasteiger partial charge in [-0.2, -0.15) is 0 Å². The predicted molar refractivity (Wildman–Crippen MR) is 88.8 cm³/mol. The summed E-state index contributed by atoms with van der Waals surface area (Å²) in [5.41, 5.74) is 1.85. The number of carbonyl (C=O) groups excluding carboxylic acids is 1. The monoisotopic (exact) mass is 347 g/mol. The largest absolute Gasteiger partial charge is 0.483 e. The molecule has 0 saturated heterocycles. The van der Waals surface area contributed by atoms with Crippen LogP contribution >= 0.6 is 15.9 Å². The molecule has 1 N–H and O–H groups in total. The first kappa shape index (κ1) is 15.6. The molecular formula is C17H18BrNO2. The molecule has 110 valence electrons. The SMILES string of the molecule is CC(C)c1cc(Br)ccc1OCC(=O)Nc1ccccc1. The summed E-state index contributed by atoms with van der Waals surface area (Å²) < 4.78 is 6.66. The highest BCUT2D eigenvalue weighted by molar-refractivity contribution is 9.10. The zero-order valence-corrected chi connectivity index (χ0v) is 13.7. The lowest BCUT2D eigenvalue weighted by molar-refractivity contribution is -0.118. The Kier molecular flexibility index (Phi) is 5.39. The molecule has 2 aromatic rings. The maximum atomic E-state index is 11.9. The van der Waals surface area contributed by atoms with Gasteiger partial charge in [0.25, 0.3) is 5.91 Å². The fourth-order valence-electron chi connectivity index (χ4n) is 1.96. The van der Waals surface area contributed by atoms with Crippen molar-refractivity contribution in [2.24, 2.45) is 0 Å². The second-order valence-corrected chi connectivity index (χ2v) is 5.96. The molecule has 0 atom stereocenters. The van der Waals surface area contributed by atoms with Crippen molar-refractivity contribution in [3.8, 4) is 5.75 Å². The van der Waals surface area contributed by atoms with E-state index in [1.54, 1.807) is 0 Å². The summed E-state index contributed by atoms with van der Waals surface area (Å²) >= 11 is 3.45. The molecule has 3 nitrogen and oxygen atoms in total. The molecule has 0 bridgehead atoms. The highest BCUT2D eigenvalue weighted by Gasteiger charge is 2.10. The molecule has 2 aromatic carbocycles. The molecule has 1 amide bonds. The van der Waals surface area contributed by atoms with Gasteiger partial charge in [0.2, 0.25) is 0 Å². The predicted octanol–water partition coefficient (Wildman–Crippen LogP) is 4.59. The molecule has 0 fully saturated rings. The van der Waals surface area contributed by atoms with Gasteiger partial charge in [-0.3, -0.25) is 4.79 Å². The van der Waals surface area contributed by atoms with Crippen LogP contribution < -0.4 is 10.1 Å². The van der Waals surface area contributed by atoms with Gasteiger partial charge in [-0.15, -0.1) is 0 Å². The van der Waals surface area contributed by atoms with Crippen LogP contribution in [0.15, 0.2) is 53.0 Å². The average Bonchev–Trinajstić information content (AvgIpc) is 2.47. The van der Waals surface area contributed by atoms with Crippen molar-refractivity contribution in [1.29, 1.82) is 0 Å². The van der Waals surface area contributed by atoms with E-state index in [0.29, 0.717) is 5.92 Å². The number of rotatable bonds is 5. The number of nitrogens with one attached hydrogen (secondary N) is 1. The third-order valence-corrected chi connectivity index (χ3v) is 3.50. The third-order valence-electron chi connectivity index (χ3n) is 3.01. The molecule has 0 heterocycles. The van der Waals surface area contributed by atoms with E-state index in [1.165, 1.54) is 0 Å². The van der Waals surface area contributed by atoms with Crippen LogP contribution in [0, 0.1) is 0 Å². The fourth-order valence-corrected chi connectivity index (χ4v) is 2.34. The standard InChI is InChI=1S/C17H18BrNO2/c1-12(2)15-10-13(18)8-9-16(15)21-11-17(20)19-14-6-4-3-5-7-14/h3-10,12H,11H2,1-2H3,(H,19,20). The molecule has 2 rings (SSSR count). The number of carbonyl (C=O) groups is 1. The summed E-state index contributed by atoms with van der Waals surface area (Å²) in [6.45, 7) is 4.19. The molecule has 0 aromatic heterocycles.